The second-order valence-corrected chi connectivity index (χ2v) is 8.28. The predicted molar refractivity (Wildman–Crippen MR) is 110 cm³/mol. The van der Waals surface area contributed by atoms with E-state index in [1.807, 2.05) is 41.0 Å². The molecule has 2 amide bonds. The summed E-state index contributed by atoms with van der Waals surface area (Å²) in [5.41, 5.74) is 2.73. The largest absolute Gasteiger partial charge is 0.338 e. The van der Waals surface area contributed by atoms with Gasteiger partial charge in [0.1, 0.15) is 5.82 Å². The lowest BCUT2D eigenvalue weighted by Gasteiger charge is -2.35. The predicted octanol–water partition coefficient (Wildman–Crippen LogP) is 4.18. The zero-order valence-electron chi connectivity index (χ0n) is 16.8. The first kappa shape index (κ1) is 19.6. The molecule has 0 aromatic heterocycles. The van der Waals surface area contributed by atoms with Gasteiger partial charge in [0.05, 0.1) is 5.92 Å². The summed E-state index contributed by atoms with van der Waals surface area (Å²) in [5, 5.41) is 0. The molecule has 0 spiro atoms. The summed E-state index contributed by atoms with van der Waals surface area (Å²) >= 11 is 0. The van der Waals surface area contributed by atoms with E-state index in [-0.39, 0.29) is 29.6 Å². The molecule has 2 aromatic carbocycles. The van der Waals surface area contributed by atoms with E-state index in [1.54, 1.807) is 12.1 Å². The van der Waals surface area contributed by atoms with Crippen LogP contribution in [0.5, 0.6) is 0 Å². The molecule has 1 saturated heterocycles. The highest BCUT2D eigenvalue weighted by atomic mass is 19.1. The molecule has 1 aliphatic heterocycles. The maximum Gasteiger partial charge on any atom is 0.253 e. The average Bonchev–Trinajstić information content (AvgIpc) is 3.58. The minimum atomic E-state index is -0.268. The zero-order valence-corrected chi connectivity index (χ0v) is 16.8. The molecule has 4 nitrogen and oxygen atoms in total. The molecule has 5 heteroatoms. The van der Waals surface area contributed by atoms with Crippen molar-refractivity contribution in [1.29, 1.82) is 0 Å². The van der Waals surface area contributed by atoms with Crippen LogP contribution >= 0.6 is 0 Å². The van der Waals surface area contributed by atoms with Gasteiger partial charge >= 0.3 is 0 Å². The van der Waals surface area contributed by atoms with Gasteiger partial charge in [-0.2, -0.15) is 0 Å². The van der Waals surface area contributed by atoms with Gasteiger partial charge in [-0.05, 0) is 62.4 Å². The van der Waals surface area contributed by atoms with Crippen LogP contribution < -0.4 is 0 Å². The molecule has 1 aliphatic carbocycles. The SMILES string of the molecule is Cc1ccc(C(=O)N2CCCC(C(=O)N(Cc3ccc(F)cc3)C3CC3)C2)cc1. The molecule has 4 rings (SSSR count). The first-order valence-corrected chi connectivity index (χ1v) is 10.4. The Morgan fingerprint density at radius 2 is 1.72 bits per heavy atom. The van der Waals surface area contributed by atoms with Crippen LogP contribution in [0.25, 0.3) is 0 Å². The fraction of sp³-hybridized carbons (Fsp3) is 0.417. The number of halogens is 1. The van der Waals surface area contributed by atoms with Gasteiger partial charge in [-0.3, -0.25) is 9.59 Å². The number of amides is 2. The number of piperidine rings is 1. The minimum absolute atomic E-state index is 0.000920. The van der Waals surface area contributed by atoms with E-state index in [9.17, 15) is 14.0 Å². The molecule has 0 N–H and O–H groups in total. The lowest BCUT2D eigenvalue weighted by atomic mass is 9.95. The van der Waals surface area contributed by atoms with Crippen LogP contribution in [0.4, 0.5) is 4.39 Å². The molecule has 1 unspecified atom stereocenters. The van der Waals surface area contributed by atoms with E-state index in [1.165, 1.54) is 12.1 Å². The maximum atomic E-state index is 13.3. The van der Waals surface area contributed by atoms with E-state index in [4.69, 9.17) is 0 Å². The van der Waals surface area contributed by atoms with Crippen molar-refractivity contribution in [2.45, 2.75) is 45.2 Å². The van der Waals surface area contributed by atoms with Crippen LogP contribution in [0.1, 0.15) is 47.2 Å². The zero-order chi connectivity index (χ0) is 20.4. The molecule has 0 radical (unpaired) electrons. The maximum absolute atomic E-state index is 13.3. The fourth-order valence-electron chi connectivity index (χ4n) is 4.04. The number of carbonyl (C=O) groups is 2. The van der Waals surface area contributed by atoms with E-state index in [2.05, 4.69) is 0 Å². The Morgan fingerprint density at radius 1 is 1.03 bits per heavy atom. The van der Waals surface area contributed by atoms with Gasteiger partial charge in [-0.15, -0.1) is 0 Å². The number of hydrogen-bond donors (Lipinski definition) is 0. The molecule has 0 bridgehead atoms. The highest BCUT2D eigenvalue weighted by Gasteiger charge is 2.38. The van der Waals surface area contributed by atoms with Crippen molar-refractivity contribution in [3.05, 3.63) is 71.0 Å². The Morgan fingerprint density at radius 3 is 2.38 bits per heavy atom. The highest BCUT2D eigenvalue weighted by molar-refractivity contribution is 5.94. The van der Waals surface area contributed by atoms with Crippen LogP contribution in [0.3, 0.4) is 0 Å². The van der Waals surface area contributed by atoms with Crippen molar-refractivity contribution in [2.75, 3.05) is 13.1 Å². The molecule has 1 saturated carbocycles. The van der Waals surface area contributed by atoms with E-state index < -0.39 is 0 Å². The van der Waals surface area contributed by atoms with Crippen molar-refractivity contribution in [1.82, 2.24) is 9.80 Å². The smallest absolute Gasteiger partial charge is 0.253 e. The van der Waals surface area contributed by atoms with Gasteiger partial charge in [-0.1, -0.05) is 29.8 Å². The summed E-state index contributed by atoms with van der Waals surface area (Å²) < 4.78 is 13.2. The summed E-state index contributed by atoms with van der Waals surface area (Å²) in [6, 6.07) is 14.2. The standard InChI is InChI=1S/C24H27FN2O2/c1-17-4-8-19(9-5-17)23(28)26-14-2-3-20(16-26)24(29)27(22-12-13-22)15-18-6-10-21(25)11-7-18/h4-11,20,22H,2-3,12-16H2,1H3. The Labute approximate surface area is 171 Å². The first-order valence-electron chi connectivity index (χ1n) is 10.4. The number of carbonyl (C=O) groups excluding carboxylic acids is 2. The molecule has 152 valence electrons. The van der Waals surface area contributed by atoms with Crippen molar-refractivity contribution < 1.29 is 14.0 Å². The second kappa shape index (κ2) is 8.36. The number of rotatable bonds is 5. The number of aryl methyl sites for hydroxylation is 1. The third-order valence-corrected chi connectivity index (χ3v) is 5.89. The third-order valence-electron chi connectivity index (χ3n) is 5.89. The Balaban J connectivity index is 1.44. The van der Waals surface area contributed by atoms with Crippen molar-refractivity contribution >= 4 is 11.8 Å². The summed E-state index contributed by atoms with van der Waals surface area (Å²) in [5.74, 6) is -0.313. The molecule has 29 heavy (non-hydrogen) atoms. The minimum Gasteiger partial charge on any atom is -0.338 e. The van der Waals surface area contributed by atoms with Crippen LogP contribution in [-0.2, 0) is 11.3 Å². The molecular formula is C24H27FN2O2. The lowest BCUT2D eigenvalue weighted by Crippen LogP contribution is -2.47. The van der Waals surface area contributed by atoms with Crippen molar-refractivity contribution in [3.63, 3.8) is 0 Å². The van der Waals surface area contributed by atoms with Crippen LogP contribution in [0, 0.1) is 18.7 Å². The first-order chi connectivity index (χ1) is 14.0. The number of benzene rings is 2. The van der Waals surface area contributed by atoms with Crippen LogP contribution in [0.15, 0.2) is 48.5 Å². The van der Waals surface area contributed by atoms with Gasteiger partial charge in [0.25, 0.3) is 5.91 Å². The van der Waals surface area contributed by atoms with Crippen LogP contribution in [-0.4, -0.2) is 40.7 Å². The number of likely N-dealkylation sites (tertiary alicyclic amines) is 1. The summed E-state index contributed by atoms with van der Waals surface area (Å²) in [7, 11) is 0. The Kier molecular flexibility index (Phi) is 5.65. The molecule has 1 atom stereocenters. The third kappa shape index (κ3) is 4.66. The molecule has 2 aromatic rings. The van der Waals surface area contributed by atoms with Gasteiger partial charge < -0.3 is 9.80 Å². The Bertz CT molecular complexity index is 875. The van der Waals surface area contributed by atoms with Gasteiger partial charge in [0, 0.05) is 31.2 Å². The van der Waals surface area contributed by atoms with E-state index in [0.717, 1.165) is 36.8 Å². The summed E-state index contributed by atoms with van der Waals surface area (Å²) in [6.45, 7) is 3.67. The molecule has 1 heterocycles. The normalized spacial score (nSPS) is 19.1. The van der Waals surface area contributed by atoms with Crippen molar-refractivity contribution in [2.24, 2.45) is 5.92 Å². The Hall–Kier alpha value is -2.69. The monoisotopic (exact) mass is 394 g/mol. The molecular weight excluding hydrogens is 367 g/mol. The highest BCUT2D eigenvalue weighted by Crippen LogP contribution is 2.31. The average molecular weight is 394 g/mol. The summed E-state index contributed by atoms with van der Waals surface area (Å²) in [6.07, 6.45) is 3.68. The molecule has 2 aliphatic rings. The quantitative estimate of drug-likeness (QED) is 0.763. The van der Waals surface area contributed by atoms with E-state index >= 15 is 0 Å². The van der Waals surface area contributed by atoms with E-state index in [0.29, 0.717) is 25.2 Å². The topological polar surface area (TPSA) is 40.6 Å². The van der Waals surface area contributed by atoms with Gasteiger partial charge in [-0.25, -0.2) is 4.39 Å². The second-order valence-electron chi connectivity index (χ2n) is 8.28. The van der Waals surface area contributed by atoms with Crippen LogP contribution in [0.2, 0.25) is 0 Å². The van der Waals surface area contributed by atoms with Gasteiger partial charge in [0.2, 0.25) is 5.91 Å². The number of hydrogen-bond acceptors (Lipinski definition) is 2. The lowest BCUT2D eigenvalue weighted by molar-refractivity contribution is -0.138. The fourth-order valence-corrected chi connectivity index (χ4v) is 4.04. The van der Waals surface area contributed by atoms with Gasteiger partial charge in [0.15, 0.2) is 0 Å². The molecule has 2 fully saturated rings. The van der Waals surface area contributed by atoms with Crippen molar-refractivity contribution in [3.8, 4) is 0 Å². The number of nitrogens with zero attached hydrogens (tertiary/aromatic N) is 2. The summed E-state index contributed by atoms with van der Waals surface area (Å²) in [4.78, 5) is 30.0.